The van der Waals surface area contributed by atoms with Crippen LogP contribution in [0.1, 0.15) is 22.3 Å². The Labute approximate surface area is 339 Å². The molecule has 0 aliphatic heterocycles. The Balaban J connectivity index is 1.23. The van der Waals surface area contributed by atoms with E-state index in [9.17, 15) is 0 Å². The minimum atomic E-state index is -0.644. The maximum atomic E-state index is 7.25. The van der Waals surface area contributed by atoms with Gasteiger partial charge in [0, 0.05) is 38.2 Å². The molecule has 2 aromatic heterocycles. The lowest BCUT2D eigenvalue weighted by Gasteiger charge is -2.31. The van der Waals surface area contributed by atoms with Crippen molar-refractivity contribution in [1.29, 1.82) is 0 Å². The fraction of sp³-hybridized carbons (Fsp3) is 0.0175. The maximum Gasteiger partial charge on any atom is 0.144 e. The molecular weight excluding hydrogens is 717 g/mol. The molecule has 2 heteroatoms. The zero-order valence-corrected chi connectivity index (χ0v) is 31.8. The number of hydrogen-bond acceptors (Lipinski definition) is 2. The zero-order valence-electron chi connectivity index (χ0n) is 31.8. The smallest absolute Gasteiger partial charge is 0.144 e. The van der Waals surface area contributed by atoms with Crippen LogP contribution in [0.3, 0.4) is 0 Å². The van der Waals surface area contributed by atoms with Gasteiger partial charge in [-0.2, -0.15) is 0 Å². The van der Waals surface area contributed by atoms with Gasteiger partial charge in [-0.15, -0.1) is 0 Å². The Bertz CT molecular complexity index is 3750. The molecule has 2 aliphatic rings. The van der Waals surface area contributed by atoms with E-state index >= 15 is 0 Å². The van der Waals surface area contributed by atoms with Crippen molar-refractivity contribution in [3.05, 3.63) is 216 Å². The largest absolute Gasteiger partial charge is 0.455 e. The normalized spacial score (nSPS) is 13.6. The van der Waals surface area contributed by atoms with E-state index < -0.39 is 5.41 Å². The third-order valence-corrected chi connectivity index (χ3v) is 13.4. The Morgan fingerprint density at radius 1 is 0.305 bits per heavy atom. The van der Waals surface area contributed by atoms with Crippen molar-refractivity contribution in [2.75, 3.05) is 0 Å². The second-order valence-electron chi connectivity index (χ2n) is 16.3. The summed E-state index contributed by atoms with van der Waals surface area (Å²) in [5, 5.41) is 9.34. The van der Waals surface area contributed by atoms with Gasteiger partial charge in [-0.1, -0.05) is 158 Å². The fourth-order valence-corrected chi connectivity index (χ4v) is 11.0. The van der Waals surface area contributed by atoms with Crippen molar-refractivity contribution in [3.63, 3.8) is 0 Å². The van der Waals surface area contributed by atoms with Gasteiger partial charge in [-0.3, -0.25) is 0 Å². The van der Waals surface area contributed by atoms with Gasteiger partial charge >= 0.3 is 0 Å². The molecule has 2 heterocycles. The summed E-state index contributed by atoms with van der Waals surface area (Å²) in [4.78, 5) is 0. The van der Waals surface area contributed by atoms with Crippen LogP contribution in [0.15, 0.2) is 203 Å². The van der Waals surface area contributed by atoms with Gasteiger partial charge < -0.3 is 8.83 Å². The number of benzene rings is 10. The van der Waals surface area contributed by atoms with Crippen LogP contribution >= 0.6 is 0 Å². The lowest BCUT2D eigenvalue weighted by Crippen LogP contribution is -2.26. The summed E-state index contributed by atoms with van der Waals surface area (Å²) in [6.45, 7) is 0. The number of para-hydroxylation sites is 2. The van der Waals surface area contributed by atoms with Gasteiger partial charge in [0.1, 0.15) is 22.3 Å². The van der Waals surface area contributed by atoms with Crippen molar-refractivity contribution < 1.29 is 8.83 Å². The molecule has 0 saturated heterocycles. The van der Waals surface area contributed by atoms with Crippen LogP contribution in [-0.4, -0.2) is 0 Å². The molecule has 14 rings (SSSR count). The average molecular weight is 749 g/mol. The molecule has 0 radical (unpaired) electrons. The van der Waals surface area contributed by atoms with Crippen LogP contribution in [0.2, 0.25) is 0 Å². The molecule has 272 valence electrons. The second-order valence-corrected chi connectivity index (χ2v) is 16.3. The van der Waals surface area contributed by atoms with E-state index in [1.165, 1.54) is 71.6 Å². The Hall–Kier alpha value is -7.68. The summed E-state index contributed by atoms with van der Waals surface area (Å²) in [5.74, 6) is 0. The van der Waals surface area contributed by atoms with Crippen LogP contribution in [0.25, 0.3) is 110 Å². The second kappa shape index (κ2) is 11.2. The van der Waals surface area contributed by atoms with Crippen molar-refractivity contribution >= 4 is 65.4 Å². The zero-order chi connectivity index (χ0) is 38.4. The highest BCUT2D eigenvalue weighted by Crippen LogP contribution is 2.67. The first-order chi connectivity index (χ1) is 29.3. The van der Waals surface area contributed by atoms with E-state index in [1.54, 1.807) is 0 Å². The Morgan fingerprint density at radius 3 is 1.42 bits per heavy atom. The molecular formula is C57H32O2. The molecule has 0 fully saturated rings. The Morgan fingerprint density at radius 2 is 0.780 bits per heavy atom. The molecule has 0 bridgehead atoms. The minimum absolute atomic E-state index is 0.644. The standard InChI is InChI=1S/C57H32O2/c1-3-15-35-29-37(27-25-33(35)13-1)43-31-48-54(56-51(43)41-19-7-11-23-49(41)59-56)53-47(57(48)45-21-9-5-17-39(45)40-18-6-10-22-46(40)57)32-44(38-28-26-34-14-2-4-16-36(34)30-38)55-52(53)42-20-8-12-24-50(42)58-55/h1-32H. The quantitative estimate of drug-likeness (QED) is 0.176. The van der Waals surface area contributed by atoms with Gasteiger partial charge in [-0.05, 0) is 108 Å². The topological polar surface area (TPSA) is 26.3 Å². The molecule has 0 amide bonds. The first kappa shape index (κ1) is 31.4. The van der Waals surface area contributed by atoms with E-state index in [0.29, 0.717) is 0 Å². The van der Waals surface area contributed by atoms with Gasteiger partial charge in [0.05, 0.1) is 5.41 Å². The predicted octanol–water partition coefficient (Wildman–Crippen LogP) is 15.5. The number of fused-ring (bicyclic) bond motifs is 20. The van der Waals surface area contributed by atoms with E-state index in [-0.39, 0.29) is 0 Å². The minimum Gasteiger partial charge on any atom is -0.455 e. The Kier molecular flexibility index (Phi) is 5.99. The molecule has 10 aromatic carbocycles. The monoisotopic (exact) mass is 748 g/mol. The third-order valence-electron chi connectivity index (χ3n) is 13.4. The first-order valence-electron chi connectivity index (χ1n) is 20.4. The van der Waals surface area contributed by atoms with E-state index in [0.717, 1.165) is 60.6 Å². The van der Waals surface area contributed by atoms with Gasteiger partial charge in [0.25, 0.3) is 0 Å². The molecule has 2 nitrogen and oxygen atoms in total. The van der Waals surface area contributed by atoms with Crippen molar-refractivity contribution in [2.24, 2.45) is 0 Å². The summed E-state index contributed by atoms with van der Waals surface area (Å²) in [7, 11) is 0. The SMILES string of the molecule is c1ccc2c(c1)-c1ccccc1C21c2cc(-c3ccc4ccccc4c3)c3c(oc4ccccc43)c2-c2c1cc(-c1ccc3ccccc3c1)c1oc3ccccc3c21. The molecule has 1 spiro atoms. The highest BCUT2D eigenvalue weighted by atomic mass is 16.3. The van der Waals surface area contributed by atoms with E-state index in [4.69, 9.17) is 8.83 Å². The van der Waals surface area contributed by atoms with Crippen molar-refractivity contribution in [2.45, 2.75) is 5.41 Å². The van der Waals surface area contributed by atoms with Crippen molar-refractivity contribution in [3.8, 4) is 44.5 Å². The maximum absolute atomic E-state index is 7.25. The molecule has 2 aliphatic carbocycles. The number of rotatable bonds is 2. The van der Waals surface area contributed by atoms with Crippen LogP contribution in [0.5, 0.6) is 0 Å². The van der Waals surface area contributed by atoms with Gasteiger partial charge in [-0.25, -0.2) is 0 Å². The molecule has 0 saturated carbocycles. The van der Waals surface area contributed by atoms with Crippen LogP contribution in [0.4, 0.5) is 0 Å². The van der Waals surface area contributed by atoms with Crippen molar-refractivity contribution in [1.82, 2.24) is 0 Å². The highest BCUT2D eigenvalue weighted by molar-refractivity contribution is 6.26. The van der Waals surface area contributed by atoms with E-state index in [2.05, 4.69) is 194 Å². The molecule has 12 aromatic rings. The molecule has 0 atom stereocenters. The first-order valence-corrected chi connectivity index (χ1v) is 20.4. The average Bonchev–Trinajstić information content (AvgIpc) is 4.03. The number of hydrogen-bond donors (Lipinski definition) is 0. The third kappa shape index (κ3) is 3.96. The van der Waals surface area contributed by atoms with Gasteiger partial charge in [0.15, 0.2) is 0 Å². The lowest BCUT2D eigenvalue weighted by molar-refractivity contribution is 0.669. The number of furan rings is 2. The van der Waals surface area contributed by atoms with Gasteiger partial charge in [0.2, 0.25) is 0 Å². The molecule has 0 unspecified atom stereocenters. The van der Waals surface area contributed by atoms with Crippen LogP contribution in [-0.2, 0) is 5.41 Å². The molecule has 59 heavy (non-hydrogen) atoms. The summed E-state index contributed by atoms with van der Waals surface area (Å²) >= 11 is 0. The predicted molar refractivity (Wildman–Crippen MR) is 243 cm³/mol. The highest BCUT2D eigenvalue weighted by Gasteiger charge is 2.54. The summed E-state index contributed by atoms with van der Waals surface area (Å²) in [5.41, 5.74) is 17.4. The van der Waals surface area contributed by atoms with Crippen LogP contribution in [0, 0.1) is 0 Å². The van der Waals surface area contributed by atoms with E-state index in [1.807, 2.05) is 0 Å². The summed E-state index contributed by atoms with van der Waals surface area (Å²) in [6, 6.07) is 71.2. The summed E-state index contributed by atoms with van der Waals surface area (Å²) < 4.78 is 14.3. The lowest BCUT2D eigenvalue weighted by atomic mass is 9.69. The van der Waals surface area contributed by atoms with Crippen LogP contribution < -0.4 is 0 Å². The fourth-order valence-electron chi connectivity index (χ4n) is 11.0. The summed E-state index contributed by atoms with van der Waals surface area (Å²) in [6.07, 6.45) is 0. The molecule has 0 N–H and O–H groups in total.